The van der Waals surface area contributed by atoms with Crippen molar-refractivity contribution in [1.82, 2.24) is 21.3 Å². The van der Waals surface area contributed by atoms with Crippen molar-refractivity contribution >= 4 is 23.5 Å². The second-order valence-electron chi connectivity index (χ2n) is 5.96. The number of nitrogens with one attached hydrogen (secondary N) is 4. The minimum atomic E-state index is -0.573. The van der Waals surface area contributed by atoms with Gasteiger partial charge < -0.3 is 21.3 Å². The summed E-state index contributed by atoms with van der Waals surface area (Å²) in [4.78, 5) is 46.2. The van der Waals surface area contributed by atoms with Gasteiger partial charge in [-0.2, -0.15) is 0 Å². The minimum Gasteiger partial charge on any atom is -0.356 e. The van der Waals surface area contributed by atoms with Crippen molar-refractivity contribution < 1.29 is 19.2 Å². The van der Waals surface area contributed by atoms with Crippen LogP contribution in [0.3, 0.4) is 0 Å². The lowest BCUT2D eigenvalue weighted by atomic mass is 9.97. The number of rotatable bonds is 12. The number of carbonyl (C=O) groups excluding carboxylic acids is 4. The molecule has 0 aromatic heterocycles. The maximum Gasteiger partial charge on any atom is 0.239 e. The molecule has 0 unspecified atom stereocenters. The van der Waals surface area contributed by atoms with E-state index in [2.05, 4.69) is 21.3 Å². The lowest BCUT2D eigenvalue weighted by molar-refractivity contribution is -0.130. The molecule has 0 rings (SSSR count). The highest BCUT2D eigenvalue weighted by atomic mass is 16.2. The first-order valence-electron chi connectivity index (χ1n) is 8.26. The third-order valence-electron chi connectivity index (χ3n) is 3.32. The first-order chi connectivity index (χ1) is 11.3. The summed E-state index contributed by atoms with van der Waals surface area (Å²) in [6.45, 7) is 5.54. The maximum absolute atomic E-state index is 12.2. The number of unbranched alkanes of at least 4 members (excludes halogenated alkanes) is 1. The molecule has 0 spiro atoms. The molecule has 0 saturated heterocycles. The molecular formula is C16H30N4O4. The number of likely N-dealkylation sites (N-methyl/N-ethyl adjacent to an activating group) is 1. The van der Waals surface area contributed by atoms with E-state index >= 15 is 0 Å². The van der Waals surface area contributed by atoms with Crippen molar-refractivity contribution in [2.45, 2.75) is 46.1 Å². The Morgan fingerprint density at radius 2 is 1.58 bits per heavy atom. The zero-order valence-corrected chi connectivity index (χ0v) is 15.0. The second kappa shape index (κ2) is 12.5. The number of ketones is 1. The van der Waals surface area contributed by atoms with Crippen LogP contribution in [0.25, 0.3) is 0 Å². The zero-order chi connectivity index (χ0) is 18.5. The summed E-state index contributed by atoms with van der Waals surface area (Å²) in [5, 5.41) is 10.5. The van der Waals surface area contributed by atoms with Crippen molar-refractivity contribution in [1.29, 1.82) is 0 Å². The summed E-state index contributed by atoms with van der Waals surface area (Å²) in [5.41, 5.74) is 0. The van der Waals surface area contributed by atoms with E-state index in [-0.39, 0.29) is 42.5 Å². The lowest BCUT2D eigenvalue weighted by Gasteiger charge is -2.20. The molecule has 1 atom stereocenters. The fraction of sp³-hybridized carbons (Fsp3) is 0.750. The molecule has 0 aromatic carbocycles. The first kappa shape index (κ1) is 22.0. The highest BCUT2D eigenvalue weighted by molar-refractivity contribution is 5.92. The number of hydrogen-bond donors (Lipinski definition) is 4. The Labute approximate surface area is 143 Å². The molecule has 4 N–H and O–H groups in total. The Balaban J connectivity index is 4.35. The van der Waals surface area contributed by atoms with Crippen LogP contribution in [0.1, 0.15) is 40.0 Å². The molecular weight excluding hydrogens is 312 g/mol. The summed E-state index contributed by atoms with van der Waals surface area (Å²) in [6.07, 6.45) is 1.94. The topological polar surface area (TPSA) is 116 Å². The molecule has 0 radical (unpaired) electrons. The van der Waals surface area contributed by atoms with Gasteiger partial charge in [-0.1, -0.05) is 13.8 Å². The van der Waals surface area contributed by atoms with Crippen molar-refractivity contribution in [3.63, 3.8) is 0 Å². The third kappa shape index (κ3) is 10.7. The van der Waals surface area contributed by atoms with Crippen LogP contribution >= 0.6 is 0 Å². The van der Waals surface area contributed by atoms with Gasteiger partial charge in [-0.3, -0.25) is 19.2 Å². The van der Waals surface area contributed by atoms with Gasteiger partial charge in [-0.15, -0.1) is 0 Å². The Hall–Kier alpha value is -1.96. The molecule has 0 aromatic rings. The van der Waals surface area contributed by atoms with E-state index < -0.39 is 6.04 Å². The number of hydrogen-bond acceptors (Lipinski definition) is 5. The van der Waals surface area contributed by atoms with Gasteiger partial charge in [0.05, 0.1) is 19.1 Å². The Morgan fingerprint density at radius 1 is 0.917 bits per heavy atom. The van der Waals surface area contributed by atoms with Crippen LogP contribution in [0.5, 0.6) is 0 Å². The van der Waals surface area contributed by atoms with Crippen LogP contribution < -0.4 is 21.3 Å². The van der Waals surface area contributed by atoms with Crippen LogP contribution in [-0.2, 0) is 19.2 Å². The van der Waals surface area contributed by atoms with E-state index in [4.69, 9.17) is 0 Å². The predicted octanol–water partition coefficient (Wildman–Crippen LogP) is -0.662. The molecule has 0 aliphatic rings. The fourth-order valence-electron chi connectivity index (χ4n) is 2.07. The largest absolute Gasteiger partial charge is 0.356 e. The van der Waals surface area contributed by atoms with Gasteiger partial charge in [0.1, 0.15) is 0 Å². The van der Waals surface area contributed by atoms with E-state index in [1.165, 1.54) is 6.92 Å². The summed E-state index contributed by atoms with van der Waals surface area (Å²) in [7, 11) is 1.64. The highest BCUT2D eigenvalue weighted by Crippen LogP contribution is 2.07. The standard InChI is InChI=1S/C16H30N4O4/c1-11(2)16(24)13(7-5-6-8-18-12(3)21)20-15(23)10-19-14(22)9-17-4/h11,13,17H,5-10H2,1-4H3,(H,18,21)(H,19,22)(H,20,23)/t13-/m0/s1. The Morgan fingerprint density at radius 3 is 2.12 bits per heavy atom. The molecule has 0 bridgehead atoms. The van der Waals surface area contributed by atoms with Crippen molar-refractivity contribution in [2.24, 2.45) is 5.92 Å². The monoisotopic (exact) mass is 342 g/mol. The summed E-state index contributed by atoms with van der Waals surface area (Å²) in [6, 6.07) is -0.573. The quantitative estimate of drug-likeness (QED) is 0.351. The van der Waals surface area contributed by atoms with Gasteiger partial charge in [0, 0.05) is 19.4 Å². The molecule has 0 aliphatic carbocycles. The molecule has 0 fully saturated rings. The van der Waals surface area contributed by atoms with Gasteiger partial charge in [-0.05, 0) is 26.3 Å². The molecule has 0 aliphatic heterocycles. The lowest BCUT2D eigenvalue weighted by Crippen LogP contribution is -2.47. The zero-order valence-electron chi connectivity index (χ0n) is 15.0. The van der Waals surface area contributed by atoms with Crippen molar-refractivity contribution in [3.8, 4) is 0 Å². The van der Waals surface area contributed by atoms with E-state index in [1.54, 1.807) is 20.9 Å². The van der Waals surface area contributed by atoms with E-state index in [0.717, 1.165) is 6.42 Å². The average molecular weight is 342 g/mol. The van der Waals surface area contributed by atoms with Gasteiger partial charge >= 0.3 is 0 Å². The van der Waals surface area contributed by atoms with Gasteiger partial charge in [0.2, 0.25) is 17.7 Å². The number of Topliss-reactive ketones (excluding diaryl/α,β-unsaturated/α-hetero) is 1. The summed E-state index contributed by atoms with van der Waals surface area (Å²) >= 11 is 0. The highest BCUT2D eigenvalue weighted by Gasteiger charge is 2.22. The molecule has 8 heteroatoms. The smallest absolute Gasteiger partial charge is 0.239 e. The van der Waals surface area contributed by atoms with Crippen molar-refractivity contribution in [3.05, 3.63) is 0 Å². The van der Waals surface area contributed by atoms with E-state index in [9.17, 15) is 19.2 Å². The van der Waals surface area contributed by atoms with Crippen molar-refractivity contribution in [2.75, 3.05) is 26.7 Å². The maximum atomic E-state index is 12.2. The van der Waals surface area contributed by atoms with Crippen LogP contribution in [0.4, 0.5) is 0 Å². The Kier molecular flexibility index (Phi) is 11.4. The average Bonchev–Trinajstić information content (AvgIpc) is 2.50. The number of amides is 3. The number of carbonyl (C=O) groups is 4. The van der Waals surface area contributed by atoms with Crippen LogP contribution in [0.2, 0.25) is 0 Å². The first-order valence-corrected chi connectivity index (χ1v) is 8.26. The summed E-state index contributed by atoms with van der Waals surface area (Å²) in [5.74, 6) is -0.987. The predicted molar refractivity (Wildman–Crippen MR) is 91.2 cm³/mol. The van der Waals surface area contributed by atoms with Crippen LogP contribution in [0, 0.1) is 5.92 Å². The molecule has 24 heavy (non-hydrogen) atoms. The minimum absolute atomic E-state index is 0.0376. The molecule has 8 nitrogen and oxygen atoms in total. The van der Waals surface area contributed by atoms with Gasteiger partial charge in [-0.25, -0.2) is 0 Å². The third-order valence-corrected chi connectivity index (χ3v) is 3.32. The van der Waals surface area contributed by atoms with Gasteiger partial charge in [0.25, 0.3) is 0 Å². The van der Waals surface area contributed by atoms with E-state index in [1.807, 2.05) is 0 Å². The molecule has 3 amide bonds. The van der Waals surface area contributed by atoms with E-state index in [0.29, 0.717) is 19.4 Å². The fourth-order valence-corrected chi connectivity index (χ4v) is 2.07. The molecule has 0 heterocycles. The second-order valence-corrected chi connectivity index (χ2v) is 5.96. The van der Waals surface area contributed by atoms with Gasteiger partial charge in [0.15, 0.2) is 5.78 Å². The summed E-state index contributed by atoms with van der Waals surface area (Å²) < 4.78 is 0. The molecule has 138 valence electrons. The SMILES string of the molecule is CNCC(=O)NCC(=O)N[C@@H](CCCCNC(C)=O)C(=O)C(C)C. The van der Waals surface area contributed by atoms with Crippen LogP contribution in [-0.4, -0.2) is 56.2 Å². The van der Waals surface area contributed by atoms with Crippen LogP contribution in [0.15, 0.2) is 0 Å². The Bertz CT molecular complexity index is 438. The normalized spacial score (nSPS) is 11.7. The molecule has 0 saturated carbocycles.